The van der Waals surface area contributed by atoms with Crippen molar-refractivity contribution >= 4 is 5.82 Å². The highest BCUT2D eigenvalue weighted by Gasteiger charge is 1.96. The highest BCUT2D eigenvalue weighted by Crippen LogP contribution is 2.05. The first-order chi connectivity index (χ1) is 7.34. The predicted molar refractivity (Wildman–Crippen MR) is 59.9 cm³/mol. The summed E-state index contributed by atoms with van der Waals surface area (Å²) in [4.78, 5) is 4.26. The fourth-order valence-electron chi connectivity index (χ4n) is 1.34. The maximum atomic E-state index is 5.23. The molecule has 0 aliphatic carbocycles. The summed E-state index contributed by atoms with van der Waals surface area (Å²) in [6.07, 6.45) is 4.43. The molecule has 2 aromatic heterocycles. The van der Waals surface area contributed by atoms with Gasteiger partial charge in [0.25, 0.3) is 0 Å². The number of hydrogen-bond acceptors (Lipinski definition) is 3. The number of pyridine rings is 1. The molecule has 3 nitrogen and oxygen atoms in total. The summed E-state index contributed by atoms with van der Waals surface area (Å²) in [6.45, 7) is 2.86. The molecule has 0 bridgehead atoms. The molecular formula is C12H14N2O. The minimum atomic E-state index is 0.837. The van der Waals surface area contributed by atoms with Gasteiger partial charge in [-0.15, -0.1) is 0 Å². The standard InChI is InChI=1S/C12H14N2O/c1-10-4-5-12(14-9-10)13-7-6-11-3-2-8-15-11/h2-5,8-9H,6-7H2,1H3,(H,13,14). The Bertz CT molecular complexity index is 392. The molecule has 0 saturated carbocycles. The van der Waals surface area contributed by atoms with Gasteiger partial charge in [-0.1, -0.05) is 6.07 Å². The van der Waals surface area contributed by atoms with Crippen LogP contribution in [0.4, 0.5) is 5.82 Å². The zero-order chi connectivity index (χ0) is 10.5. The van der Waals surface area contributed by atoms with Gasteiger partial charge in [0.1, 0.15) is 11.6 Å². The number of aromatic nitrogens is 1. The Morgan fingerprint density at radius 2 is 2.27 bits per heavy atom. The lowest BCUT2D eigenvalue weighted by atomic mass is 10.3. The van der Waals surface area contributed by atoms with Crippen LogP contribution < -0.4 is 5.32 Å². The number of furan rings is 1. The molecular weight excluding hydrogens is 188 g/mol. The molecule has 15 heavy (non-hydrogen) atoms. The Labute approximate surface area is 89.1 Å². The first-order valence-corrected chi connectivity index (χ1v) is 5.03. The van der Waals surface area contributed by atoms with Crippen LogP contribution in [0.2, 0.25) is 0 Å². The molecule has 2 aromatic rings. The van der Waals surface area contributed by atoms with Crippen molar-refractivity contribution in [2.24, 2.45) is 0 Å². The Balaban J connectivity index is 1.81. The van der Waals surface area contributed by atoms with Crippen molar-refractivity contribution in [3.63, 3.8) is 0 Å². The highest BCUT2D eigenvalue weighted by atomic mass is 16.3. The van der Waals surface area contributed by atoms with Crippen LogP contribution >= 0.6 is 0 Å². The summed E-state index contributed by atoms with van der Waals surface area (Å²) in [7, 11) is 0. The van der Waals surface area contributed by atoms with Crippen LogP contribution in [0.3, 0.4) is 0 Å². The van der Waals surface area contributed by atoms with Crippen LogP contribution in [0.15, 0.2) is 41.1 Å². The zero-order valence-electron chi connectivity index (χ0n) is 8.73. The molecule has 0 unspecified atom stereocenters. The zero-order valence-corrected chi connectivity index (χ0v) is 8.73. The summed E-state index contributed by atoms with van der Waals surface area (Å²) >= 11 is 0. The van der Waals surface area contributed by atoms with Gasteiger partial charge in [0.05, 0.1) is 6.26 Å². The monoisotopic (exact) mass is 202 g/mol. The molecule has 0 saturated heterocycles. The number of nitrogens with zero attached hydrogens (tertiary/aromatic N) is 1. The van der Waals surface area contributed by atoms with Crippen LogP contribution in [-0.4, -0.2) is 11.5 Å². The Hall–Kier alpha value is -1.77. The summed E-state index contributed by atoms with van der Waals surface area (Å²) < 4.78 is 5.23. The van der Waals surface area contributed by atoms with Gasteiger partial charge in [-0.3, -0.25) is 0 Å². The van der Waals surface area contributed by atoms with Gasteiger partial charge in [-0.25, -0.2) is 4.98 Å². The third kappa shape index (κ3) is 2.84. The van der Waals surface area contributed by atoms with Crippen molar-refractivity contribution in [1.29, 1.82) is 0 Å². The van der Waals surface area contributed by atoms with Gasteiger partial charge in [0, 0.05) is 19.2 Å². The van der Waals surface area contributed by atoms with Gasteiger partial charge in [-0.2, -0.15) is 0 Å². The van der Waals surface area contributed by atoms with Gasteiger partial charge in [0.2, 0.25) is 0 Å². The van der Waals surface area contributed by atoms with E-state index in [0.29, 0.717) is 0 Å². The van der Waals surface area contributed by atoms with Crippen molar-refractivity contribution in [3.05, 3.63) is 48.0 Å². The van der Waals surface area contributed by atoms with Crippen molar-refractivity contribution in [2.45, 2.75) is 13.3 Å². The van der Waals surface area contributed by atoms with Crippen molar-refractivity contribution in [3.8, 4) is 0 Å². The number of aryl methyl sites for hydroxylation is 1. The largest absolute Gasteiger partial charge is 0.469 e. The molecule has 0 fully saturated rings. The summed E-state index contributed by atoms with van der Waals surface area (Å²) in [5.74, 6) is 1.90. The van der Waals surface area contributed by atoms with E-state index in [-0.39, 0.29) is 0 Å². The first kappa shape index (κ1) is 9.77. The molecule has 0 atom stereocenters. The molecule has 78 valence electrons. The number of nitrogens with one attached hydrogen (secondary N) is 1. The van der Waals surface area contributed by atoms with E-state index in [0.717, 1.165) is 24.5 Å². The van der Waals surface area contributed by atoms with E-state index >= 15 is 0 Å². The SMILES string of the molecule is Cc1ccc(NCCc2ccco2)nc1. The smallest absolute Gasteiger partial charge is 0.125 e. The van der Waals surface area contributed by atoms with Gasteiger partial charge in [-0.05, 0) is 30.7 Å². The fraction of sp³-hybridized carbons (Fsp3) is 0.250. The van der Waals surface area contributed by atoms with E-state index in [1.54, 1.807) is 6.26 Å². The van der Waals surface area contributed by atoms with E-state index in [1.165, 1.54) is 5.56 Å². The van der Waals surface area contributed by atoms with Crippen LogP contribution in [0.25, 0.3) is 0 Å². The van der Waals surface area contributed by atoms with E-state index in [4.69, 9.17) is 4.42 Å². The molecule has 0 aliphatic heterocycles. The van der Waals surface area contributed by atoms with Crippen LogP contribution in [0, 0.1) is 6.92 Å². The molecule has 0 aliphatic rings. The minimum Gasteiger partial charge on any atom is -0.469 e. The number of anilines is 1. The molecule has 0 spiro atoms. The molecule has 0 radical (unpaired) electrons. The molecule has 2 heterocycles. The highest BCUT2D eigenvalue weighted by molar-refractivity contribution is 5.35. The van der Waals surface area contributed by atoms with Gasteiger partial charge < -0.3 is 9.73 Å². The second-order valence-electron chi connectivity index (χ2n) is 3.48. The number of rotatable bonds is 4. The number of hydrogen-bond donors (Lipinski definition) is 1. The molecule has 1 N–H and O–H groups in total. The Morgan fingerprint density at radius 3 is 2.93 bits per heavy atom. The molecule has 0 aromatic carbocycles. The van der Waals surface area contributed by atoms with Crippen LogP contribution in [0.5, 0.6) is 0 Å². The summed E-state index contributed by atoms with van der Waals surface area (Å²) in [5.41, 5.74) is 1.17. The van der Waals surface area contributed by atoms with Crippen molar-refractivity contribution in [1.82, 2.24) is 4.98 Å². The van der Waals surface area contributed by atoms with Gasteiger partial charge >= 0.3 is 0 Å². The fourth-order valence-corrected chi connectivity index (χ4v) is 1.34. The lowest BCUT2D eigenvalue weighted by Gasteiger charge is -2.03. The normalized spacial score (nSPS) is 10.2. The molecule has 0 amide bonds. The predicted octanol–water partition coefficient (Wildman–Crippen LogP) is 2.64. The average Bonchev–Trinajstić information content (AvgIpc) is 2.74. The average molecular weight is 202 g/mol. The second-order valence-corrected chi connectivity index (χ2v) is 3.48. The maximum absolute atomic E-state index is 5.23. The van der Waals surface area contributed by atoms with Crippen LogP contribution in [0.1, 0.15) is 11.3 Å². The second kappa shape index (κ2) is 4.64. The Kier molecular flexibility index (Phi) is 3.02. The lowest BCUT2D eigenvalue weighted by molar-refractivity contribution is 0.513. The molecule has 2 rings (SSSR count). The quantitative estimate of drug-likeness (QED) is 0.828. The van der Waals surface area contributed by atoms with Crippen molar-refractivity contribution in [2.75, 3.05) is 11.9 Å². The Morgan fingerprint density at radius 1 is 1.33 bits per heavy atom. The van der Waals surface area contributed by atoms with E-state index in [9.17, 15) is 0 Å². The third-order valence-electron chi connectivity index (χ3n) is 2.17. The topological polar surface area (TPSA) is 38.1 Å². The summed E-state index contributed by atoms with van der Waals surface area (Å²) in [5, 5.41) is 3.24. The van der Waals surface area contributed by atoms with Gasteiger partial charge in [0.15, 0.2) is 0 Å². The lowest BCUT2D eigenvalue weighted by Crippen LogP contribution is -2.05. The van der Waals surface area contributed by atoms with E-state index < -0.39 is 0 Å². The van der Waals surface area contributed by atoms with Crippen LogP contribution in [-0.2, 0) is 6.42 Å². The third-order valence-corrected chi connectivity index (χ3v) is 2.17. The van der Waals surface area contributed by atoms with E-state index in [2.05, 4.69) is 10.3 Å². The van der Waals surface area contributed by atoms with E-state index in [1.807, 2.05) is 37.4 Å². The first-order valence-electron chi connectivity index (χ1n) is 5.03. The maximum Gasteiger partial charge on any atom is 0.125 e. The summed E-state index contributed by atoms with van der Waals surface area (Å²) in [6, 6.07) is 7.91. The minimum absolute atomic E-state index is 0.837. The van der Waals surface area contributed by atoms with Crippen molar-refractivity contribution < 1.29 is 4.42 Å². The molecule has 3 heteroatoms.